The van der Waals surface area contributed by atoms with Crippen molar-refractivity contribution in [3.05, 3.63) is 23.0 Å². The molecule has 14 heavy (non-hydrogen) atoms. The Morgan fingerprint density at radius 3 is 2.86 bits per heavy atom. The summed E-state index contributed by atoms with van der Waals surface area (Å²) >= 11 is 5.75. The molecule has 78 valence electrons. The van der Waals surface area contributed by atoms with Gasteiger partial charge in [-0.05, 0) is 13.0 Å². The summed E-state index contributed by atoms with van der Waals surface area (Å²) < 4.78 is 1.68. The number of carbonyl (C=O) groups excluding carboxylic acids is 1. The van der Waals surface area contributed by atoms with E-state index in [-0.39, 0.29) is 11.9 Å². The number of aromatic nitrogens is 1. The largest absolute Gasteiger partial charge is 0.347 e. The van der Waals surface area contributed by atoms with E-state index in [0.717, 1.165) is 0 Å². The van der Waals surface area contributed by atoms with Crippen LogP contribution in [0.15, 0.2) is 12.3 Å². The summed E-state index contributed by atoms with van der Waals surface area (Å²) in [5, 5.41) is 3.31. The summed E-state index contributed by atoms with van der Waals surface area (Å²) in [6.07, 6.45) is 1.68. The minimum Gasteiger partial charge on any atom is -0.347 e. The number of carbonyl (C=O) groups is 1. The van der Waals surface area contributed by atoms with E-state index < -0.39 is 0 Å². The zero-order valence-corrected chi connectivity index (χ0v) is 9.01. The second kappa shape index (κ2) is 4.48. The number of hydrogen-bond acceptors (Lipinski definition) is 2. The highest BCUT2D eigenvalue weighted by atomic mass is 35.5. The molecule has 1 atom stereocenters. The third-order valence-electron chi connectivity index (χ3n) is 1.94. The average molecular weight is 216 g/mol. The van der Waals surface area contributed by atoms with Crippen LogP contribution in [-0.2, 0) is 7.05 Å². The maximum absolute atomic E-state index is 11.6. The van der Waals surface area contributed by atoms with Gasteiger partial charge in [0.1, 0.15) is 5.69 Å². The van der Waals surface area contributed by atoms with Gasteiger partial charge in [0.2, 0.25) is 0 Å². The molecule has 0 aliphatic heterocycles. The quantitative estimate of drug-likeness (QED) is 0.782. The molecule has 5 heteroatoms. The SMILES string of the molecule is CC(CN)NC(=O)c1cc(Cl)cn1C. The maximum Gasteiger partial charge on any atom is 0.268 e. The number of nitrogens with zero attached hydrogens (tertiary/aromatic N) is 1. The zero-order valence-electron chi connectivity index (χ0n) is 8.25. The number of hydrogen-bond donors (Lipinski definition) is 2. The molecule has 1 rings (SSSR count). The molecule has 1 heterocycles. The summed E-state index contributed by atoms with van der Waals surface area (Å²) in [4.78, 5) is 11.6. The highest BCUT2D eigenvalue weighted by Gasteiger charge is 2.12. The van der Waals surface area contributed by atoms with Gasteiger partial charge in [0.25, 0.3) is 5.91 Å². The van der Waals surface area contributed by atoms with E-state index in [1.165, 1.54) is 0 Å². The predicted octanol–water partition coefficient (Wildman–Crippen LogP) is 0.755. The van der Waals surface area contributed by atoms with Gasteiger partial charge in [-0.1, -0.05) is 11.6 Å². The van der Waals surface area contributed by atoms with Crippen LogP contribution in [0.2, 0.25) is 5.02 Å². The minimum absolute atomic E-state index is 0.0313. The van der Waals surface area contributed by atoms with Crippen LogP contribution in [-0.4, -0.2) is 23.1 Å². The summed E-state index contributed by atoms with van der Waals surface area (Å²) in [7, 11) is 1.77. The molecule has 0 bridgehead atoms. The van der Waals surface area contributed by atoms with Crippen molar-refractivity contribution >= 4 is 17.5 Å². The van der Waals surface area contributed by atoms with Crippen LogP contribution in [0.4, 0.5) is 0 Å². The molecular weight excluding hydrogens is 202 g/mol. The minimum atomic E-state index is -0.155. The first kappa shape index (κ1) is 11.1. The molecule has 0 aliphatic rings. The number of halogens is 1. The molecule has 3 N–H and O–H groups in total. The molecule has 1 aromatic rings. The van der Waals surface area contributed by atoms with Crippen LogP contribution in [0.1, 0.15) is 17.4 Å². The number of amides is 1. The van der Waals surface area contributed by atoms with E-state index in [0.29, 0.717) is 17.3 Å². The number of rotatable bonds is 3. The fourth-order valence-electron chi connectivity index (χ4n) is 1.11. The first-order valence-electron chi connectivity index (χ1n) is 4.37. The lowest BCUT2D eigenvalue weighted by molar-refractivity contribution is 0.0933. The normalized spacial score (nSPS) is 12.6. The van der Waals surface area contributed by atoms with Gasteiger partial charge in [0.05, 0.1) is 5.02 Å². The highest BCUT2D eigenvalue weighted by molar-refractivity contribution is 6.31. The van der Waals surface area contributed by atoms with Crippen LogP contribution in [0.5, 0.6) is 0 Å². The van der Waals surface area contributed by atoms with Crippen LogP contribution >= 0.6 is 11.6 Å². The van der Waals surface area contributed by atoms with Gasteiger partial charge in [-0.3, -0.25) is 4.79 Å². The van der Waals surface area contributed by atoms with E-state index >= 15 is 0 Å². The third kappa shape index (κ3) is 2.49. The van der Waals surface area contributed by atoms with Crippen LogP contribution < -0.4 is 11.1 Å². The van der Waals surface area contributed by atoms with E-state index in [1.807, 2.05) is 6.92 Å². The lowest BCUT2D eigenvalue weighted by Crippen LogP contribution is -2.38. The van der Waals surface area contributed by atoms with Crippen LogP contribution in [0, 0.1) is 0 Å². The predicted molar refractivity (Wildman–Crippen MR) is 56.4 cm³/mol. The Kier molecular flexibility index (Phi) is 3.55. The topological polar surface area (TPSA) is 60.0 Å². The van der Waals surface area contributed by atoms with E-state index in [9.17, 15) is 4.79 Å². The number of nitrogens with two attached hydrogens (primary N) is 1. The van der Waals surface area contributed by atoms with Gasteiger partial charge < -0.3 is 15.6 Å². The molecule has 0 aromatic carbocycles. The summed E-state index contributed by atoms with van der Waals surface area (Å²) in [6.45, 7) is 2.27. The molecule has 0 radical (unpaired) electrons. The average Bonchev–Trinajstić information content (AvgIpc) is 2.45. The third-order valence-corrected chi connectivity index (χ3v) is 2.14. The second-order valence-corrected chi connectivity index (χ2v) is 3.70. The number of aryl methyl sites for hydroxylation is 1. The molecular formula is C9H14ClN3O. The van der Waals surface area contributed by atoms with Crippen molar-refractivity contribution in [1.82, 2.24) is 9.88 Å². The fraction of sp³-hybridized carbons (Fsp3) is 0.444. The molecule has 0 spiro atoms. The van der Waals surface area contributed by atoms with Gasteiger partial charge in [-0.2, -0.15) is 0 Å². The van der Waals surface area contributed by atoms with E-state index in [1.54, 1.807) is 23.9 Å². The standard InChI is InChI=1S/C9H14ClN3O/c1-6(4-11)12-9(14)8-3-7(10)5-13(8)2/h3,5-6H,4,11H2,1-2H3,(H,12,14). The monoisotopic (exact) mass is 215 g/mol. The van der Waals surface area contributed by atoms with E-state index in [2.05, 4.69) is 5.32 Å². The molecule has 0 aliphatic carbocycles. The van der Waals surface area contributed by atoms with Gasteiger partial charge in [0.15, 0.2) is 0 Å². The van der Waals surface area contributed by atoms with Crippen molar-refractivity contribution in [1.29, 1.82) is 0 Å². The smallest absolute Gasteiger partial charge is 0.268 e. The molecule has 1 unspecified atom stereocenters. The molecule has 0 fully saturated rings. The van der Waals surface area contributed by atoms with Gasteiger partial charge in [0, 0.05) is 25.8 Å². The molecule has 4 nitrogen and oxygen atoms in total. The lowest BCUT2D eigenvalue weighted by atomic mass is 10.3. The number of nitrogens with one attached hydrogen (secondary N) is 1. The summed E-state index contributed by atoms with van der Waals surface area (Å²) in [6, 6.07) is 1.59. The van der Waals surface area contributed by atoms with Crippen molar-refractivity contribution in [2.45, 2.75) is 13.0 Å². The first-order chi connectivity index (χ1) is 6.54. The van der Waals surface area contributed by atoms with Crippen molar-refractivity contribution in [2.24, 2.45) is 12.8 Å². The van der Waals surface area contributed by atoms with Crippen LogP contribution in [0.3, 0.4) is 0 Å². The zero-order chi connectivity index (χ0) is 10.7. The van der Waals surface area contributed by atoms with E-state index in [4.69, 9.17) is 17.3 Å². The Bertz CT molecular complexity index is 335. The summed E-state index contributed by atoms with van der Waals surface area (Å²) in [5.41, 5.74) is 5.93. The molecule has 0 saturated carbocycles. The van der Waals surface area contributed by atoms with Crippen LogP contribution in [0.25, 0.3) is 0 Å². The Morgan fingerprint density at radius 1 is 1.79 bits per heavy atom. The van der Waals surface area contributed by atoms with Gasteiger partial charge >= 0.3 is 0 Å². The maximum atomic E-state index is 11.6. The Morgan fingerprint density at radius 2 is 2.43 bits per heavy atom. The van der Waals surface area contributed by atoms with Gasteiger partial charge in [-0.15, -0.1) is 0 Å². The van der Waals surface area contributed by atoms with Crippen molar-refractivity contribution in [2.75, 3.05) is 6.54 Å². The molecule has 1 aromatic heterocycles. The van der Waals surface area contributed by atoms with Crippen molar-refractivity contribution in [3.63, 3.8) is 0 Å². The first-order valence-corrected chi connectivity index (χ1v) is 4.75. The van der Waals surface area contributed by atoms with Crippen molar-refractivity contribution < 1.29 is 4.79 Å². The van der Waals surface area contributed by atoms with Gasteiger partial charge in [-0.25, -0.2) is 0 Å². The Balaban J connectivity index is 2.74. The fourth-order valence-corrected chi connectivity index (χ4v) is 1.36. The Hall–Kier alpha value is -1.00. The Labute approximate surface area is 88.0 Å². The van der Waals surface area contributed by atoms with Crippen molar-refractivity contribution in [3.8, 4) is 0 Å². The summed E-state index contributed by atoms with van der Waals surface area (Å²) in [5.74, 6) is -0.155. The highest BCUT2D eigenvalue weighted by Crippen LogP contribution is 2.12. The molecule has 1 amide bonds. The lowest BCUT2D eigenvalue weighted by Gasteiger charge is -2.11. The molecule has 0 saturated heterocycles. The second-order valence-electron chi connectivity index (χ2n) is 3.26.